The predicted octanol–water partition coefficient (Wildman–Crippen LogP) is 2.37. The first-order valence-electron chi connectivity index (χ1n) is 8.18. The fraction of sp³-hybridized carbons (Fsp3) is 0.875. The SMILES string of the molecule is CCC1C(=O)NC2(CCCC2)C(=O)N1C1(C)CCCC1. The van der Waals surface area contributed by atoms with Gasteiger partial charge in [-0.05, 0) is 39.0 Å². The molecule has 1 saturated heterocycles. The maximum absolute atomic E-state index is 13.2. The highest BCUT2D eigenvalue weighted by Crippen LogP contribution is 2.43. The van der Waals surface area contributed by atoms with Crippen LogP contribution in [0.25, 0.3) is 0 Å². The summed E-state index contributed by atoms with van der Waals surface area (Å²) in [7, 11) is 0. The monoisotopic (exact) mass is 278 g/mol. The van der Waals surface area contributed by atoms with Gasteiger partial charge in [0.25, 0.3) is 0 Å². The third-order valence-electron chi connectivity index (χ3n) is 5.71. The first kappa shape index (κ1) is 13.9. The van der Waals surface area contributed by atoms with E-state index in [1.165, 1.54) is 12.8 Å². The van der Waals surface area contributed by atoms with Gasteiger partial charge in [-0.2, -0.15) is 0 Å². The van der Waals surface area contributed by atoms with E-state index in [-0.39, 0.29) is 23.4 Å². The van der Waals surface area contributed by atoms with Crippen LogP contribution in [-0.4, -0.2) is 33.8 Å². The van der Waals surface area contributed by atoms with Crippen LogP contribution in [-0.2, 0) is 9.59 Å². The Balaban J connectivity index is 1.98. The quantitative estimate of drug-likeness (QED) is 0.843. The Morgan fingerprint density at radius 1 is 1.10 bits per heavy atom. The average molecular weight is 278 g/mol. The third-order valence-corrected chi connectivity index (χ3v) is 5.71. The van der Waals surface area contributed by atoms with Crippen LogP contribution >= 0.6 is 0 Å². The largest absolute Gasteiger partial charge is 0.340 e. The molecule has 1 N–H and O–H groups in total. The molecule has 2 saturated carbocycles. The van der Waals surface area contributed by atoms with Crippen molar-refractivity contribution in [3.8, 4) is 0 Å². The topological polar surface area (TPSA) is 49.4 Å². The number of hydrogen-bond donors (Lipinski definition) is 1. The first-order chi connectivity index (χ1) is 9.52. The van der Waals surface area contributed by atoms with Crippen molar-refractivity contribution in [2.75, 3.05) is 0 Å². The lowest BCUT2D eigenvalue weighted by Crippen LogP contribution is -2.73. The summed E-state index contributed by atoms with van der Waals surface area (Å²) in [4.78, 5) is 27.7. The maximum atomic E-state index is 13.2. The second-order valence-electron chi connectivity index (χ2n) is 7.08. The van der Waals surface area contributed by atoms with Crippen LogP contribution in [0.5, 0.6) is 0 Å². The Morgan fingerprint density at radius 2 is 1.65 bits per heavy atom. The van der Waals surface area contributed by atoms with Gasteiger partial charge in [0.1, 0.15) is 11.6 Å². The van der Waals surface area contributed by atoms with Crippen molar-refractivity contribution in [3.63, 3.8) is 0 Å². The summed E-state index contributed by atoms with van der Waals surface area (Å²) in [6.45, 7) is 4.19. The van der Waals surface area contributed by atoms with Crippen LogP contribution in [0.3, 0.4) is 0 Å². The third kappa shape index (κ3) is 1.87. The minimum absolute atomic E-state index is 0.0714. The summed E-state index contributed by atoms with van der Waals surface area (Å²) < 4.78 is 0. The predicted molar refractivity (Wildman–Crippen MR) is 77.1 cm³/mol. The van der Waals surface area contributed by atoms with E-state index in [0.29, 0.717) is 6.42 Å². The number of rotatable bonds is 2. The molecule has 1 unspecified atom stereocenters. The van der Waals surface area contributed by atoms with Gasteiger partial charge in [0.2, 0.25) is 11.8 Å². The molecule has 2 amide bonds. The van der Waals surface area contributed by atoms with Gasteiger partial charge in [-0.3, -0.25) is 9.59 Å². The van der Waals surface area contributed by atoms with Crippen molar-refractivity contribution in [1.29, 1.82) is 0 Å². The van der Waals surface area contributed by atoms with Crippen molar-refractivity contribution in [1.82, 2.24) is 10.2 Å². The van der Waals surface area contributed by atoms with Crippen LogP contribution in [0.1, 0.15) is 71.6 Å². The highest BCUT2D eigenvalue weighted by atomic mass is 16.2. The van der Waals surface area contributed by atoms with Crippen LogP contribution < -0.4 is 5.32 Å². The molecule has 4 heteroatoms. The number of piperazine rings is 1. The number of carbonyl (C=O) groups excluding carboxylic acids is 2. The zero-order valence-electron chi connectivity index (χ0n) is 12.7. The standard InChI is InChI=1S/C16H26N2O2/c1-3-12-13(19)17-16(10-6-7-11-16)14(20)18(12)15(2)8-4-5-9-15/h12H,3-11H2,1-2H3,(H,17,19). The molecular formula is C16H26N2O2. The lowest BCUT2D eigenvalue weighted by atomic mass is 9.84. The van der Waals surface area contributed by atoms with E-state index in [9.17, 15) is 9.59 Å². The fourth-order valence-corrected chi connectivity index (χ4v) is 4.55. The molecule has 3 aliphatic rings. The van der Waals surface area contributed by atoms with Gasteiger partial charge in [-0.15, -0.1) is 0 Å². The molecule has 0 bridgehead atoms. The fourth-order valence-electron chi connectivity index (χ4n) is 4.55. The first-order valence-corrected chi connectivity index (χ1v) is 8.18. The van der Waals surface area contributed by atoms with E-state index in [1.807, 2.05) is 11.8 Å². The van der Waals surface area contributed by atoms with E-state index in [0.717, 1.165) is 38.5 Å². The molecule has 0 radical (unpaired) electrons. The summed E-state index contributed by atoms with van der Waals surface area (Å²) in [5.41, 5.74) is -0.681. The number of amides is 2. The number of nitrogens with one attached hydrogen (secondary N) is 1. The molecular weight excluding hydrogens is 252 g/mol. The van der Waals surface area contributed by atoms with Crippen molar-refractivity contribution in [2.45, 2.75) is 88.8 Å². The molecule has 1 spiro atoms. The maximum Gasteiger partial charge on any atom is 0.249 e. The summed E-state index contributed by atoms with van der Waals surface area (Å²) in [5, 5.41) is 3.08. The van der Waals surface area contributed by atoms with Crippen LogP contribution in [0.15, 0.2) is 0 Å². The Bertz CT molecular complexity index is 420. The molecule has 2 aliphatic carbocycles. The minimum Gasteiger partial charge on any atom is -0.340 e. The summed E-state index contributed by atoms with van der Waals surface area (Å²) >= 11 is 0. The number of carbonyl (C=O) groups is 2. The van der Waals surface area contributed by atoms with Crippen LogP contribution in [0.4, 0.5) is 0 Å². The molecule has 1 atom stereocenters. The minimum atomic E-state index is -0.575. The van der Waals surface area contributed by atoms with Gasteiger partial charge in [0, 0.05) is 5.54 Å². The number of nitrogens with zero attached hydrogens (tertiary/aromatic N) is 1. The molecule has 3 fully saturated rings. The van der Waals surface area contributed by atoms with Gasteiger partial charge in [-0.1, -0.05) is 32.6 Å². The summed E-state index contributed by atoms with van der Waals surface area (Å²) in [6, 6.07) is -0.267. The zero-order valence-corrected chi connectivity index (χ0v) is 12.7. The Kier molecular flexibility index (Phi) is 3.30. The van der Waals surface area contributed by atoms with Crippen molar-refractivity contribution >= 4 is 11.8 Å². The lowest BCUT2D eigenvalue weighted by molar-refractivity contribution is -0.162. The lowest BCUT2D eigenvalue weighted by Gasteiger charge is -2.51. The van der Waals surface area contributed by atoms with Gasteiger partial charge in [0.15, 0.2) is 0 Å². The molecule has 20 heavy (non-hydrogen) atoms. The molecule has 0 aromatic carbocycles. The van der Waals surface area contributed by atoms with Crippen molar-refractivity contribution in [2.24, 2.45) is 0 Å². The molecule has 3 rings (SSSR count). The molecule has 0 aromatic rings. The smallest absolute Gasteiger partial charge is 0.249 e. The average Bonchev–Trinajstić information content (AvgIpc) is 3.04. The summed E-state index contributed by atoms with van der Waals surface area (Å²) in [6.07, 6.45) is 8.87. The van der Waals surface area contributed by atoms with Crippen molar-refractivity contribution < 1.29 is 9.59 Å². The van der Waals surface area contributed by atoms with Crippen molar-refractivity contribution in [3.05, 3.63) is 0 Å². The van der Waals surface area contributed by atoms with E-state index in [1.54, 1.807) is 0 Å². The normalized spacial score (nSPS) is 31.9. The highest BCUT2D eigenvalue weighted by molar-refractivity contribution is 6.00. The van der Waals surface area contributed by atoms with Crippen LogP contribution in [0, 0.1) is 0 Å². The Hall–Kier alpha value is -1.06. The van der Waals surface area contributed by atoms with E-state index < -0.39 is 5.54 Å². The Labute approximate surface area is 121 Å². The second-order valence-corrected chi connectivity index (χ2v) is 7.08. The van der Waals surface area contributed by atoms with E-state index in [2.05, 4.69) is 12.2 Å². The van der Waals surface area contributed by atoms with Gasteiger partial charge in [0.05, 0.1) is 0 Å². The Morgan fingerprint density at radius 3 is 2.20 bits per heavy atom. The molecule has 1 aliphatic heterocycles. The number of hydrogen-bond acceptors (Lipinski definition) is 2. The second kappa shape index (κ2) is 4.74. The molecule has 0 aromatic heterocycles. The van der Waals surface area contributed by atoms with Gasteiger partial charge < -0.3 is 10.2 Å². The molecule has 112 valence electrons. The van der Waals surface area contributed by atoms with Gasteiger partial charge in [-0.25, -0.2) is 0 Å². The molecule has 4 nitrogen and oxygen atoms in total. The zero-order chi connectivity index (χ0) is 14.4. The summed E-state index contributed by atoms with van der Waals surface area (Å²) in [5.74, 6) is 0.271. The van der Waals surface area contributed by atoms with E-state index >= 15 is 0 Å². The van der Waals surface area contributed by atoms with E-state index in [4.69, 9.17) is 0 Å². The van der Waals surface area contributed by atoms with Crippen LogP contribution in [0.2, 0.25) is 0 Å². The molecule has 1 heterocycles. The highest BCUT2D eigenvalue weighted by Gasteiger charge is 2.56. The van der Waals surface area contributed by atoms with Gasteiger partial charge >= 0.3 is 0 Å².